The Morgan fingerprint density at radius 2 is 1.95 bits per heavy atom. The van der Waals surface area contributed by atoms with E-state index in [-0.39, 0.29) is 5.78 Å². The van der Waals surface area contributed by atoms with E-state index in [1.807, 2.05) is 24.3 Å². The van der Waals surface area contributed by atoms with Crippen LogP contribution in [0.15, 0.2) is 46.9 Å². The quantitative estimate of drug-likeness (QED) is 0.725. The van der Waals surface area contributed by atoms with E-state index in [4.69, 9.17) is 0 Å². The summed E-state index contributed by atoms with van der Waals surface area (Å²) in [7, 11) is 0. The highest BCUT2D eigenvalue weighted by Gasteiger charge is 2.15. The van der Waals surface area contributed by atoms with Gasteiger partial charge >= 0.3 is 0 Å². The first-order valence-corrected chi connectivity index (χ1v) is 7.47. The number of ketones is 1. The van der Waals surface area contributed by atoms with Gasteiger partial charge in [0.1, 0.15) is 0 Å². The molecule has 0 unspecified atom stereocenters. The van der Waals surface area contributed by atoms with Crippen molar-refractivity contribution in [3.63, 3.8) is 0 Å². The Kier molecular flexibility index (Phi) is 4.61. The van der Waals surface area contributed by atoms with E-state index in [9.17, 15) is 4.79 Å². The van der Waals surface area contributed by atoms with Gasteiger partial charge < -0.3 is 4.90 Å². The predicted molar refractivity (Wildman–Crippen MR) is 88.0 cm³/mol. The number of carbonyl (C=O) groups is 1. The average Bonchev–Trinajstić information content (AvgIpc) is 2.39. The zero-order valence-corrected chi connectivity index (χ0v) is 13.6. The molecule has 2 aromatic rings. The fraction of sp³-hybridized carbons (Fsp3) is 0.235. The zero-order chi connectivity index (χ0) is 14.7. The van der Waals surface area contributed by atoms with Gasteiger partial charge in [0, 0.05) is 22.3 Å². The van der Waals surface area contributed by atoms with Gasteiger partial charge in [0.25, 0.3) is 0 Å². The van der Waals surface area contributed by atoms with Crippen LogP contribution in [0.25, 0.3) is 0 Å². The molecule has 0 amide bonds. The van der Waals surface area contributed by atoms with Gasteiger partial charge in [0.15, 0.2) is 5.78 Å². The number of halogens is 1. The van der Waals surface area contributed by atoms with Crippen molar-refractivity contribution in [1.29, 1.82) is 0 Å². The highest BCUT2D eigenvalue weighted by atomic mass is 79.9. The number of Topliss-reactive ketones (excluding diaryl/α,β-unsaturated/α-hetero) is 1. The molecule has 0 heterocycles. The normalized spacial score (nSPS) is 10.4. The molecule has 104 valence electrons. The van der Waals surface area contributed by atoms with Crippen LogP contribution in [-0.4, -0.2) is 12.3 Å². The van der Waals surface area contributed by atoms with Crippen molar-refractivity contribution in [2.75, 3.05) is 11.4 Å². The molecule has 3 heteroatoms. The second-order valence-electron chi connectivity index (χ2n) is 4.80. The lowest BCUT2D eigenvalue weighted by Gasteiger charge is -2.26. The molecule has 2 nitrogen and oxygen atoms in total. The summed E-state index contributed by atoms with van der Waals surface area (Å²) in [4.78, 5) is 14.0. The molecule has 0 spiro atoms. The third-order valence-corrected chi connectivity index (χ3v) is 3.75. The maximum atomic E-state index is 11.9. The van der Waals surface area contributed by atoms with E-state index in [0.717, 1.165) is 28.0 Å². The van der Waals surface area contributed by atoms with E-state index < -0.39 is 0 Å². The molecule has 0 fully saturated rings. The van der Waals surface area contributed by atoms with Crippen LogP contribution in [0.2, 0.25) is 0 Å². The third-order valence-electron chi connectivity index (χ3n) is 3.26. The van der Waals surface area contributed by atoms with E-state index >= 15 is 0 Å². The summed E-state index contributed by atoms with van der Waals surface area (Å²) in [5.74, 6) is 0.0820. The molecule has 0 atom stereocenters. The molecule has 2 aromatic carbocycles. The SMILES string of the molecule is CCN(c1cccc(C)c1)c1cc(Br)ccc1C(C)=O. The maximum Gasteiger partial charge on any atom is 0.161 e. The lowest BCUT2D eigenvalue weighted by Crippen LogP contribution is -2.18. The Morgan fingerprint density at radius 1 is 1.20 bits per heavy atom. The summed E-state index contributed by atoms with van der Waals surface area (Å²) in [5.41, 5.74) is 4.00. The molecule has 2 rings (SSSR count). The molecule has 0 radical (unpaired) electrons. The average molecular weight is 332 g/mol. The van der Waals surface area contributed by atoms with Crippen molar-refractivity contribution in [1.82, 2.24) is 0 Å². The number of rotatable bonds is 4. The Labute approximate surface area is 128 Å². The molecule has 0 aliphatic heterocycles. The largest absolute Gasteiger partial charge is 0.341 e. The number of anilines is 2. The first-order valence-electron chi connectivity index (χ1n) is 6.67. The molecule has 0 bridgehead atoms. The van der Waals surface area contributed by atoms with Crippen LogP contribution in [-0.2, 0) is 0 Å². The summed E-state index contributed by atoms with van der Waals surface area (Å²) in [6, 6.07) is 14.1. The van der Waals surface area contributed by atoms with Crippen molar-refractivity contribution in [3.8, 4) is 0 Å². The van der Waals surface area contributed by atoms with Gasteiger partial charge in [-0.25, -0.2) is 0 Å². The zero-order valence-electron chi connectivity index (χ0n) is 12.0. The van der Waals surface area contributed by atoms with E-state index in [1.54, 1.807) is 6.92 Å². The number of carbonyl (C=O) groups excluding carboxylic acids is 1. The molecular weight excluding hydrogens is 314 g/mol. The first kappa shape index (κ1) is 14.8. The molecule has 0 saturated heterocycles. The third kappa shape index (κ3) is 3.10. The standard InChI is InChI=1S/C17H18BrNO/c1-4-19(15-7-5-6-12(2)10-15)17-11-14(18)8-9-16(17)13(3)20/h5-11H,4H2,1-3H3. The topological polar surface area (TPSA) is 20.3 Å². The minimum atomic E-state index is 0.0820. The van der Waals surface area contributed by atoms with Crippen LogP contribution in [0.1, 0.15) is 29.8 Å². The maximum absolute atomic E-state index is 11.9. The monoisotopic (exact) mass is 331 g/mol. The first-order chi connectivity index (χ1) is 9.52. The number of hydrogen-bond acceptors (Lipinski definition) is 2. The molecule has 0 saturated carbocycles. The summed E-state index contributed by atoms with van der Waals surface area (Å²) < 4.78 is 0.976. The lowest BCUT2D eigenvalue weighted by molar-refractivity contribution is 0.101. The number of hydrogen-bond donors (Lipinski definition) is 0. The van der Waals surface area contributed by atoms with Gasteiger partial charge in [-0.2, -0.15) is 0 Å². The Hall–Kier alpha value is -1.61. The Balaban J connectivity index is 2.57. The second-order valence-corrected chi connectivity index (χ2v) is 5.72. The molecule has 0 aromatic heterocycles. The number of benzene rings is 2. The predicted octanol–water partition coefficient (Wildman–Crippen LogP) is 5.12. The molecule has 0 N–H and O–H groups in total. The number of aryl methyl sites for hydroxylation is 1. The van der Waals surface area contributed by atoms with Crippen molar-refractivity contribution >= 4 is 33.1 Å². The number of nitrogens with zero attached hydrogens (tertiary/aromatic N) is 1. The van der Waals surface area contributed by atoms with E-state index in [2.05, 4.69) is 52.9 Å². The van der Waals surface area contributed by atoms with Gasteiger partial charge in [-0.15, -0.1) is 0 Å². The van der Waals surface area contributed by atoms with Crippen LogP contribution >= 0.6 is 15.9 Å². The van der Waals surface area contributed by atoms with E-state index in [1.165, 1.54) is 5.56 Å². The van der Waals surface area contributed by atoms with Crippen LogP contribution in [0.4, 0.5) is 11.4 Å². The fourth-order valence-electron chi connectivity index (χ4n) is 2.31. The highest BCUT2D eigenvalue weighted by Crippen LogP contribution is 2.31. The minimum absolute atomic E-state index is 0.0820. The minimum Gasteiger partial charge on any atom is -0.341 e. The van der Waals surface area contributed by atoms with Gasteiger partial charge in [-0.05, 0) is 56.7 Å². The van der Waals surface area contributed by atoms with Crippen LogP contribution in [0.5, 0.6) is 0 Å². The van der Waals surface area contributed by atoms with Crippen molar-refractivity contribution in [2.45, 2.75) is 20.8 Å². The summed E-state index contributed by atoms with van der Waals surface area (Å²) >= 11 is 3.49. The summed E-state index contributed by atoms with van der Waals surface area (Å²) in [6.07, 6.45) is 0. The second kappa shape index (κ2) is 6.23. The van der Waals surface area contributed by atoms with Crippen molar-refractivity contribution in [3.05, 3.63) is 58.1 Å². The summed E-state index contributed by atoms with van der Waals surface area (Å²) in [5, 5.41) is 0. The lowest BCUT2D eigenvalue weighted by atomic mass is 10.1. The van der Waals surface area contributed by atoms with Crippen LogP contribution < -0.4 is 4.90 Å². The Bertz CT molecular complexity index is 637. The highest BCUT2D eigenvalue weighted by molar-refractivity contribution is 9.10. The van der Waals surface area contributed by atoms with Crippen LogP contribution in [0.3, 0.4) is 0 Å². The van der Waals surface area contributed by atoms with Crippen molar-refractivity contribution in [2.24, 2.45) is 0 Å². The van der Waals surface area contributed by atoms with Crippen LogP contribution in [0, 0.1) is 6.92 Å². The van der Waals surface area contributed by atoms with E-state index in [0.29, 0.717) is 0 Å². The molecule has 20 heavy (non-hydrogen) atoms. The van der Waals surface area contributed by atoms with Crippen molar-refractivity contribution < 1.29 is 4.79 Å². The molecule has 0 aliphatic rings. The Morgan fingerprint density at radius 3 is 2.55 bits per heavy atom. The van der Waals surface area contributed by atoms with Gasteiger partial charge in [0.05, 0.1) is 5.69 Å². The smallest absolute Gasteiger partial charge is 0.161 e. The van der Waals surface area contributed by atoms with Gasteiger partial charge in [-0.3, -0.25) is 4.79 Å². The summed E-state index contributed by atoms with van der Waals surface area (Å²) in [6.45, 7) is 6.58. The van der Waals surface area contributed by atoms with Gasteiger partial charge in [0.2, 0.25) is 0 Å². The molecular formula is C17H18BrNO. The fourth-order valence-corrected chi connectivity index (χ4v) is 2.66. The van der Waals surface area contributed by atoms with Gasteiger partial charge in [-0.1, -0.05) is 28.1 Å². The molecule has 0 aliphatic carbocycles.